The predicted molar refractivity (Wildman–Crippen MR) is 49.6 cm³/mol. The number of Topliss-reactive ketones (excluding diaryl/α,β-unsaturated/α-hetero) is 1. The molecule has 2 rings (SSSR count). The number of likely N-dealkylation sites (tertiary alicyclic amines) is 1. The number of ketones is 1. The van der Waals surface area contributed by atoms with Crippen molar-refractivity contribution in [3.8, 4) is 0 Å². The molecule has 0 radical (unpaired) electrons. The van der Waals surface area contributed by atoms with E-state index in [0.29, 0.717) is 24.9 Å². The maximum absolute atomic E-state index is 11.8. The Labute approximate surface area is 79.0 Å². The van der Waals surface area contributed by atoms with Gasteiger partial charge < -0.3 is 4.74 Å². The Morgan fingerprint density at radius 2 is 2.31 bits per heavy atom. The maximum Gasteiger partial charge on any atom is 0.156 e. The highest BCUT2D eigenvalue weighted by Gasteiger charge is 2.51. The van der Waals surface area contributed by atoms with Crippen LogP contribution < -0.4 is 0 Å². The van der Waals surface area contributed by atoms with E-state index in [-0.39, 0.29) is 5.54 Å². The van der Waals surface area contributed by atoms with Gasteiger partial charge in [0, 0.05) is 25.6 Å². The first-order valence-corrected chi connectivity index (χ1v) is 5.04. The van der Waals surface area contributed by atoms with Crippen LogP contribution in [0, 0.1) is 0 Å². The van der Waals surface area contributed by atoms with Crippen LogP contribution in [-0.4, -0.2) is 42.0 Å². The summed E-state index contributed by atoms with van der Waals surface area (Å²) in [6.07, 6.45) is 1.60. The molecule has 0 aromatic carbocycles. The molecule has 0 aliphatic carbocycles. The summed E-state index contributed by atoms with van der Waals surface area (Å²) in [5.41, 5.74) is -0.242. The molecule has 1 unspecified atom stereocenters. The van der Waals surface area contributed by atoms with Gasteiger partial charge in [-0.3, -0.25) is 9.69 Å². The van der Waals surface area contributed by atoms with E-state index in [1.54, 1.807) is 0 Å². The van der Waals surface area contributed by atoms with Gasteiger partial charge in [0.05, 0.1) is 6.61 Å². The number of rotatable bonds is 1. The predicted octanol–water partition coefficient (Wildman–Crippen LogP) is 0.829. The molecule has 0 aromatic rings. The molecule has 0 saturated carbocycles. The van der Waals surface area contributed by atoms with Gasteiger partial charge in [-0.15, -0.1) is 0 Å². The summed E-state index contributed by atoms with van der Waals surface area (Å²) in [4.78, 5) is 14.1. The summed E-state index contributed by atoms with van der Waals surface area (Å²) in [6, 6.07) is 0.452. The summed E-state index contributed by atoms with van der Waals surface area (Å²) in [7, 11) is 0. The van der Waals surface area contributed by atoms with E-state index in [0.717, 1.165) is 19.6 Å². The molecule has 1 spiro atoms. The normalized spacial score (nSPS) is 35.5. The number of hydrogen-bond donors (Lipinski definition) is 0. The summed E-state index contributed by atoms with van der Waals surface area (Å²) in [5, 5.41) is 0. The largest absolute Gasteiger partial charge is 0.379 e. The van der Waals surface area contributed by atoms with Gasteiger partial charge in [-0.1, -0.05) is 0 Å². The topological polar surface area (TPSA) is 29.5 Å². The Morgan fingerprint density at radius 1 is 1.54 bits per heavy atom. The third-order valence-corrected chi connectivity index (χ3v) is 3.27. The molecule has 0 bridgehead atoms. The fraction of sp³-hybridized carbons (Fsp3) is 0.900. The lowest BCUT2D eigenvalue weighted by molar-refractivity contribution is -0.125. The Balaban J connectivity index is 2.25. The maximum atomic E-state index is 11.8. The number of ether oxygens (including phenoxy) is 1. The standard InChI is InChI=1S/C10H17NO2/c1-8(2)11-5-3-9(12)10(11)4-6-13-7-10/h8H,3-7H2,1-2H3. The summed E-state index contributed by atoms with van der Waals surface area (Å²) >= 11 is 0. The average Bonchev–Trinajstić information content (AvgIpc) is 2.64. The van der Waals surface area contributed by atoms with E-state index < -0.39 is 0 Å². The monoisotopic (exact) mass is 183 g/mol. The molecular weight excluding hydrogens is 166 g/mol. The molecule has 2 heterocycles. The molecule has 0 N–H and O–H groups in total. The zero-order valence-corrected chi connectivity index (χ0v) is 8.38. The van der Waals surface area contributed by atoms with Crippen molar-refractivity contribution in [3.05, 3.63) is 0 Å². The van der Waals surface area contributed by atoms with Crippen molar-refractivity contribution in [3.63, 3.8) is 0 Å². The first kappa shape index (κ1) is 9.16. The van der Waals surface area contributed by atoms with E-state index in [1.165, 1.54) is 0 Å². The molecule has 0 aromatic heterocycles. The molecule has 13 heavy (non-hydrogen) atoms. The lowest BCUT2D eigenvalue weighted by Gasteiger charge is -2.35. The van der Waals surface area contributed by atoms with Crippen molar-refractivity contribution in [2.45, 2.75) is 38.3 Å². The van der Waals surface area contributed by atoms with Gasteiger partial charge in [-0.05, 0) is 20.3 Å². The van der Waals surface area contributed by atoms with Crippen LogP contribution in [0.4, 0.5) is 0 Å². The number of hydrogen-bond acceptors (Lipinski definition) is 3. The van der Waals surface area contributed by atoms with E-state index in [9.17, 15) is 4.79 Å². The van der Waals surface area contributed by atoms with Gasteiger partial charge in [0.2, 0.25) is 0 Å². The van der Waals surface area contributed by atoms with Crippen molar-refractivity contribution >= 4 is 5.78 Å². The molecule has 3 heteroatoms. The average molecular weight is 183 g/mol. The lowest BCUT2D eigenvalue weighted by atomic mass is 9.93. The number of nitrogens with zero attached hydrogens (tertiary/aromatic N) is 1. The van der Waals surface area contributed by atoms with Crippen LogP contribution in [0.25, 0.3) is 0 Å². The van der Waals surface area contributed by atoms with Crippen LogP contribution in [-0.2, 0) is 9.53 Å². The SMILES string of the molecule is CC(C)N1CCC(=O)C12CCOC2. The zero-order chi connectivity index (χ0) is 9.47. The van der Waals surface area contributed by atoms with Crippen molar-refractivity contribution in [1.29, 1.82) is 0 Å². The Kier molecular flexibility index (Phi) is 2.16. The van der Waals surface area contributed by atoms with E-state index >= 15 is 0 Å². The molecule has 2 fully saturated rings. The molecule has 1 atom stereocenters. The quantitative estimate of drug-likeness (QED) is 0.603. The molecule has 0 amide bonds. The van der Waals surface area contributed by atoms with Gasteiger partial charge in [0.1, 0.15) is 5.54 Å². The highest BCUT2D eigenvalue weighted by atomic mass is 16.5. The third-order valence-electron chi connectivity index (χ3n) is 3.27. The smallest absolute Gasteiger partial charge is 0.156 e. The van der Waals surface area contributed by atoms with Gasteiger partial charge in [0.15, 0.2) is 5.78 Å². The fourth-order valence-corrected chi connectivity index (χ4v) is 2.58. The van der Waals surface area contributed by atoms with Crippen LogP contribution in [0.5, 0.6) is 0 Å². The molecule has 2 aliphatic rings. The van der Waals surface area contributed by atoms with Crippen molar-refractivity contribution in [2.75, 3.05) is 19.8 Å². The van der Waals surface area contributed by atoms with Crippen LogP contribution in [0.15, 0.2) is 0 Å². The van der Waals surface area contributed by atoms with Crippen LogP contribution >= 0.6 is 0 Å². The van der Waals surface area contributed by atoms with Crippen LogP contribution in [0.3, 0.4) is 0 Å². The Hall–Kier alpha value is -0.410. The van der Waals surface area contributed by atoms with Crippen LogP contribution in [0.1, 0.15) is 26.7 Å². The summed E-state index contributed by atoms with van der Waals surface area (Å²) in [6.45, 7) is 6.58. The first-order valence-electron chi connectivity index (χ1n) is 5.04. The zero-order valence-electron chi connectivity index (χ0n) is 8.38. The van der Waals surface area contributed by atoms with Crippen molar-refractivity contribution in [1.82, 2.24) is 4.90 Å². The minimum atomic E-state index is -0.242. The highest BCUT2D eigenvalue weighted by Crippen LogP contribution is 2.35. The van der Waals surface area contributed by atoms with Gasteiger partial charge >= 0.3 is 0 Å². The van der Waals surface area contributed by atoms with Crippen molar-refractivity contribution < 1.29 is 9.53 Å². The van der Waals surface area contributed by atoms with Crippen LogP contribution in [0.2, 0.25) is 0 Å². The lowest BCUT2D eigenvalue weighted by Crippen LogP contribution is -2.51. The third kappa shape index (κ3) is 1.22. The summed E-state index contributed by atoms with van der Waals surface area (Å²) in [5.74, 6) is 0.388. The number of carbonyl (C=O) groups is 1. The highest BCUT2D eigenvalue weighted by molar-refractivity contribution is 5.91. The second kappa shape index (κ2) is 3.07. The van der Waals surface area contributed by atoms with Gasteiger partial charge in [0.25, 0.3) is 0 Å². The van der Waals surface area contributed by atoms with Gasteiger partial charge in [-0.25, -0.2) is 0 Å². The second-order valence-corrected chi connectivity index (χ2v) is 4.29. The van der Waals surface area contributed by atoms with E-state index in [2.05, 4.69) is 18.7 Å². The van der Waals surface area contributed by atoms with Crippen molar-refractivity contribution in [2.24, 2.45) is 0 Å². The Morgan fingerprint density at radius 3 is 2.85 bits per heavy atom. The molecule has 2 saturated heterocycles. The van der Waals surface area contributed by atoms with Gasteiger partial charge in [-0.2, -0.15) is 0 Å². The molecular formula is C10H17NO2. The minimum Gasteiger partial charge on any atom is -0.379 e. The first-order chi connectivity index (χ1) is 6.17. The fourth-order valence-electron chi connectivity index (χ4n) is 2.58. The summed E-state index contributed by atoms with van der Waals surface area (Å²) < 4.78 is 5.37. The van der Waals surface area contributed by atoms with E-state index in [1.807, 2.05) is 0 Å². The number of carbonyl (C=O) groups excluding carboxylic acids is 1. The molecule has 3 nitrogen and oxygen atoms in total. The molecule has 74 valence electrons. The minimum absolute atomic E-state index is 0.242. The van der Waals surface area contributed by atoms with E-state index in [4.69, 9.17) is 4.74 Å². The molecule has 2 aliphatic heterocycles. The second-order valence-electron chi connectivity index (χ2n) is 4.29. The Bertz CT molecular complexity index is 219.